The number of nitrogens with one attached hydrogen (secondary N) is 1. The number of aryl methyl sites for hydroxylation is 1. The number of aliphatic hydroxyl groups is 1. The van der Waals surface area contributed by atoms with E-state index in [9.17, 15) is 14.7 Å². The normalized spacial score (nSPS) is 31.2. The molecule has 4 fully saturated rings. The Morgan fingerprint density at radius 1 is 1.31 bits per heavy atom. The van der Waals surface area contributed by atoms with E-state index in [1.807, 2.05) is 0 Å². The van der Waals surface area contributed by atoms with E-state index in [0.717, 1.165) is 32.1 Å². The number of hydrogen-bond donors (Lipinski definition) is 3. The van der Waals surface area contributed by atoms with Gasteiger partial charge in [-0.15, -0.1) is 0 Å². The van der Waals surface area contributed by atoms with Crippen molar-refractivity contribution in [1.82, 2.24) is 15.1 Å². The van der Waals surface area contributed by atoms with Crippen LogP contribution in [0.2, 0.25) is 0 Å². The predicted molar refractivity (Wildman–Crippen MR) is 120 cm³/mol. The highest BCUT2D eigenvalue weighted by molar-refractivity contribution is 5.96. The average molecular weight is 447 g/mol. The minimum absolute atomic E-state index is 0.0921. The number of rotatable bonds is 9. The fourth-order valence-electron chi connectivity index (χ4n) is 6.04. The maximum atomic E-state index is 13.3. The van der Waals surface area contributed by atoms with Gasteiger partial charge in [0.15, 0.2) is 0 Å². The van der Waals surface area contributed by atoms with Crippen LogP contribution in [0.3, 0.4) is 0 Å². The quantitative estimate of drug-likeness (QED) is 0.538. The Morgan fingerprint density at radius 2 is 1.97 bits per heavy atom. The maximum Gasteiger partial charge on any atom is 0.258 e. The van der Waals surface area contributed by atoms with Crippen LogP contribution in [0.25, 0.3) is 0 Å². The summed E-state index contributed by atoms with van der Waals surface area (Å²) < 4.78 is 7.69. The van der Waals surface area contributed by atoms with Crippen LogP contribution in [0.5, 0.6) is 5.88 Å². The first-order valence-electron chi connectivity index (χ1n) is 12.0. The van der Waals surface area contributed by atoms with E-state index < -0.39 is 11.0 Å². The Bertz CT molecular complexity index is 861. The Balaban J connectivity index is 1.50. The molecule has 2 unspecified atom stereocenters. The van der Waals surface area contributed by atoms with Gasteiger partial charge in [-0.1, -0.05) is 27.7 Å². The topological polar surface area (TPSA) is 119 Å². The highest BCUT2D eigenvalue weighted by Gasteiger charge is 2.55. The number of amides is 2. The van der Waals surface area contributed by atoms with Gasteiger partial charge >= 0.3 is 0 Å². The second-order valence-corrected chi connectivity index (χ2v) is 11.5. The summed E-state index contributed by atoms with van der Waals surface area (Å²) in [7, 11) is 0. The van der Waals surface area contributed by atoms with Crippen LogP contribution in [0.4, 0.5) is 0 Å². The van der Waals surface area contributed by atoms with Gasteiger partial charge in [-0.2, -0.15) is 5.10 Å². The molecule has 4 N–H and O–H groups in total. The van der Waals surface area contributed by atoms with Crippen LogP contribution in [-0.4, -0.2) is 45.0 Å². The second kappa shape index (κ2) is 8.36. The lowest BCUT2D eigenvalue weighted by Crippen LogP contribution is -2.61. The van der Waals surface area contributed by atoms with E-state index in [-0.39, 0.29) is 17.9 Å². The highest BCUT2D eigenvalue weighted by atomic mass is 16.5. The van der Waals surface area contributed by atoms with Crippen LogP contribution in [-0.2, 0) is 11.3 Å². The lowest BCUT2D eigenvalue weighted by atomic mass is 9.52. The summed E-state index contributed by atoms with van der Waals surface area (Å²) in [5.41, 5.74) is 4.74. The minimum Gasteiger partial charge on any atom is -0.477 e. The van der Waals surface area contributed by atoms with Crippen molar-refractivity contribution in [2.75, 3.05) is 6.61 Å². The van der Waals surface area contributed by atoms with Gasteiger partial charge in [-0.3, -0.25) is 9.59 Å². The lowest BCUT2D eigenvalue weighted by Gasteiger charge is -2.58. The number of carbonyl (C=O) groups excluding carboxylic acids is 2. The van der Waals surface area contributed by atoms with Gasteiger partial charge in [0.2, 0.25) is 11.8 Å². The first-order chi connectivity index (χ1) is 15.0. The first-order valence-corrected chi connectivity index (χ1v) is 12.0. The second-order valence-electron chi connectivity index (χ2n) is 11.5. The number of aromatic nitrogens is 2. The van der Waals surface area contributed by atoms with Gasteiger partial charge in [0.25, 0.3) is 5.91 Å². The Morgan fingerprint density at radius 3 is 2.53 bits per heavy atom. The molecule has 32 heavy (non-hydrogen) atoms. The third-order valence-electron chi connectivity index (χ3n) is 7.74. The molecule has 4 bridgehead atoms. The summed E-state index contributed by atoms with van der Waals surface area (Å²) in [6.07, 6.45) is 6.71. The molecule has 0 aromatic carbocycles. The van der Waals surface area contributed by atoms with Crippen LogP contribution >= 0.6 is 0 Å². The average Bonchev–Trinajstić information content (AvgIpc) is 3.09. The van der Waals surface area contributed by atoms with E-state index in [1.54, 1.807) is 24.7 Å². The van der Waals surface area contributed by atoms with Crippen molar-refractivity contribution in [2.45, 2.75) is 84.4 Å². The van der Waals surface area contributed by atoms with Gasteiger partial charge in [-0.05, 0) is 62.2 Å². The number of carbonyl (C=O) groups is 2. The SMILES string of the molecule is CC(C)COc1c(C(=O)N[C@H]2C3CC4CC2C[C@](O)(C4)C3)cnn1CCC(C)(C)C(N)=O. The molecule has 178 valence electrons. The molecule has 0 spiro atoms. The summed E-state index contributed by atoms with van der Waals surface area (Å²) in [4.78, 5) is 25.0. The molecule has 2 amide bonds. The molecule has 8 nitrogen and oxygen atoms in total. The van der Waals surface area contributed by atoms with Gasteiger partial charge in [0.05, 0.1) is 18.4 Å². The van der Waals surface area contributed by atoms with Gasteiger partial charge in [-0.25, -0.2) is 4.68 Å². The van der Waals surface area contributed by atoms with Crippen molar-refractivity contribution >= 4 is 11.8 Å². The highest BCUT2D eigenvalue weighted by Crippen LogP contribution is 2.55. The monoisotopic (exact) mass is 446 g/mol. The van der Waals surface area contributed by atoms with E-state index in [4.69, 9.17) is 10.5 Å². The smallest absolute Gasteiger partial charge is 0.258 e. The molecular formula is C24H38N4O4. The van der Waals surface area contributed by atoms with Gasteiger partial charge in [0.1, 0.15) is 5.56 Å². The minimum atomic E-state index is -0.676. The van der Waals surface area contributed by atoms with Crippen molar-refractivity contribution in [1.29, 1.82) is 0 Å². The predicted octanol–water partition coefficient (Wildman–Crippen LogP) is 2.49. The molecule has 1 aromatic rings. The number of nitrogens with zero attached hydrogens (tertiary/aromatic N) is 2. The van der Waals surface area contributed by atoms with E-state index in [1.165, 1.54) is 0 Å². The molecule has 4 aliphatic rings. The van der Waals surface area contributed by atoms with E-state index >= 15 is 0 Å². The summed E-state index contributed by atoms with van der Waals surface area (Å²) in [6, 6.07) is 0.0921. The molecule has 1 heterocycles. The maximum absolute atomic E-state index is 13.3. The van der Waals surface area contributed by atoms with Gasteiger partial charge in [0, 0.05) is 18.0 Å². The first kappa shape index (κ1) is 23.1. The number of primary amides is 1. The molecule has 2 atom stereocenters. The Labute approximate surface area is 190 Å². The van der Waals surface area contributed by atoms with E-state index in [2.05, 4.69) is 24.3 Å². The summed E-state index contributed by atoms with van der Waals surface area (Å²) in [5.74, 6) is 1.46. The molecule has 1 aromatic heterocycles. The lowest BCUT2D eigenvalue weighted by molar-refractivity contribution is -0.137. The van der Waals surface area contributed by atoms with Crippen molar-refractivity contribution in [3.05, 3.63) is 11.8 Å². The number of ether oxygens (including phenoxy) is 1. The van der Waals surface area contributed by atoms with E-state index in [0.29, 0.717) is 54.7 Å². The zero-order chi connectivity index (χ0) is 23.3. The molecule has 4 aliphatic carbocycles. The van der Waals surface area contributed by atoms with Crippen LogP contribution in [0, 0.1) is 29.1 Å². The molecule has 5 rings (SSSR count). The van der Waals surface area contributed by atoms with Crippen molar-refractivity contribution in [3.8, 4) is 5.88 Å². The van der Waals surface area contributed by atoms with Crippen molar-refractivity contribution < 1.29 is 19.4 Å². The largest absolute Gasteiger partial charge is 0.477 e. The fourth-order valence-corrected chi connectivity index (χ4v) is 6.04. The standard InChI is InChI=1S/C24H38N4O4/c1-14(2)13-32-21-18(12-26-28(21)6-5-23(3,4)22(25)30)20(29)27-19-16-7-15-8-17(19)11-24(31,9-15)10-16/h12,14-17,19,31H,5-11,13H2,1-4H3,(H2,25,30)(H,27,29)/t15?,16?,17?,19-,24-. The Hall–Kier alpha value is -2.09. The van der Waals surface area contributed by atoms with Gasteiger partial charge < -0.3 is 20.9 Å². The number of nitrogens with two attached hydrogens (primary N) is 1. The van der Waals surface area contributed by atoms with Crippen LogP contribution in [0.15, 0.2) is 6.20 Å². The molecule has 0 radical (unpaired) electrons. The number of hydrogen-bond acceptors (Lipinski definition) is 5. The third-order valence-corrected chi connectivity index (χ3v) is 7.74. The fraction of sp³-hybridized carbons (Fsp3) is 0.792. The molecule has 0 saturated heterocycles. The Kier molecular flexibility index (Phi) is 6.03. The molecule has 4 saturated carbocycles. The molecule has 8 heteroatoms. The third kappa shape index (κ3) is 4.51. The summed E-state index contributed by atoms with van der Waals surface area (Å²) in [5, 5.41) is 18.5. The molecule has 0 aliphatic heterocycles. The van der Waals surface area contributed by atoms with Crippen LogP contribution < -0.4 is 15.8 Å². The summed E-state index contributed by atoms with van der Waals surface area (Å²) in [6.45, 7) is 8.61. The van der Waals surface area contributed by atoms with Crippen molar-refractivity contribution in [3.63, 3.8) is 0 Å². The summed E-state index contributed by atoms with van der Waals surface area (Å²) >= 11 is 0. The molecular weight excluding hydrogens is 408 g/mol. The zero-order valence-electron chi connectivity index (χ0n) is 19.8. The van der Waals surface area contributed by atoms with Crippen LogP contribution in [0.1, 0.15) is 76.6 Å². The van der Waals surface area contributed by atoms with Crippen molar-refractivity contribution in [2.24, 2.45) is 34.8 Å². The zero-order valence-corrected chi connectivity index (χ0v) is 19.8.